The first-order valence-corrected chi connectivity index (χ1v) is 11.6. The topological polar surface area (TPSA) is 86.9 Å². The number of aromatic nitrogens is 5. The van der Waals surface area contributed by atoms with Gasteiger partial charge in [0.15, 0.2) is 5.82 Å². The van der Waals surface area contributed by atoms with Gasteiger partial charge in [-0.3, -0.25) is 9.48 Å². The zero-order valence-corrected chi connectivity index (χ0v) is 19.3. The van der Waals surface area contributed by atoms with Gasteiger partial charge in [-0.15, -0.1) is 0 Å². The van der Waals surface area contributed by atoms with Crippen molar-refractivity contribution in [3.05, 3.63) is 78.7 Å². The molecule has 0 unspecified atom stereocenters. The number of fused-ring (bicyclic) bond motifs is 5. The largest absolute Gasteiger partial charge is 0.492 e. The van der Waals surface area contributed by atoms with Gasteiger partial charge in [-0.2, -0.15) is 5.10 Å². The Morgan fingerprint density at radius 1 is 1.20 bits per heavy atom. The molecule has 1 aliphatic rings. The summed E-state index contributed by atoms with van der Waals surface area (Å²) in [4.78, 5) is 22.3. The molecule has 2 bridgehead atoms. The summed E-state index contributed by atoms with van der Waals surface area (Å²) in [6, 6.07) is 8.13. The summed E-state index contributed by atoms with van der Waals surface area (Å²) in [6.45, 7) is 3.69. The first-order chi connectivity index (χ1) is 17.1. The highest BCUT2D eigenvalue weighted by Gasteiger charge is 2.20. The Morgan fingerprint density at radius 2 is 2.11 bits per heavy atom. The number of carbonyl (C=O) groups is 1. The molecular formula is C26H25FN6O2. The van der Waals surface area contributed by atoms with E-state index in [1.54, 1.807) is 35.4 Å². The van der Waals surface area contributed by atoms with Crippen LogP contribution in [0.15, 0.2) is 67.3 Å². The van der Waals surface area contributed by atoms with Crippen molar-refractivity contribution in [3.8, 4) is 28.4 Å². The molecule has 0 atom stereocenters. The second-order valence-electron chi connectivity index (χ2n) is 8.19. The van der Waals surface area contributed by atoms with Crippen molar-refractivity contribution in [1.82, 2.24) is 24.3 Å². The van der Waals surface area contributed by atoms with Crippen molar-refractivity contribution >= 4 is 11.7 Å². The summed E-state index contributed by atoms with van der Waals surface area (Å²) in [7, 11) is 0. The summed E-state index contributed by atoms with van der Waals surface area (Å²) in [5.41, 5.74) is 1.73. The number of hydrogen-bond acceptors (Lipinski definition) is 5. The Kier molecular flexibility index (Phi) is 6.38. The van der Waals surface area contributed by atoms with Crippen LogP contribution in [0.25, 0.3) is 22.6 Å². The number of carbonyl (C=O) groups excluding carboxylic acids is 1. The molecule has 1 aliphatic heterocycles. The lowest BCUT2D eigenvalue weighted by molar-refractivity contribution is 0.102. The molecular weight excluding hydrogens is 447 g/mol. The number of nitrogens with one attached hydrogen (secondary N) is 1. The van der Waals surface area contributed by atoms with Gasteiger partial charge in [-0.25, -0.2) is 14.4 Å². The number of nitrogens with zero attached hydrogens (tertiary/aromatic N) is 5. The van der Waals surface area contributed by atoms with E-state index in [1.165, 1.54) is 12.1 Å². The van der Waals surface area contributed by atoms with E-state index in [0.717, 1.165) is 13.0 Å². The number of imidazole rings is 1. The molecule has 0 saturated carbocycles. The molecule has 0 radical (unpaired) electrons. The number of ether oxygens (including phenoxy) is 1. The van der Waals surface area contributed by atoms with Gasteiger partial charge >= 0.3 is 0 Å². The number of benzene rings is 1. The number of allylic oxidation sites excluding steroid dienone is 1. The van der Waals surface area contributed by atoms with Gasteiger partial charge in [0.05, 0.1) is 18.4 Å². The van der Waals surface area contributed by atoms with Gasteiger partial charge in [0.2, 0.25) is 0 Å². The molecule has 9 heteroatoms. The van der Waals surface area contributed by atoms with Crippen molar-refractivity contribution in [2.45, 2.75) is 32.9 Å². The van der Waals surface area contributed by atoms with Gasteiger partial charge in [0.25, 0.3) is 5.91 Å². The predicted octanol–water partition coefficient (Wildman–Crippen LogP) is 4.95. The van der Waals surface area contributed by atoms with Crippen LogP contribution in [0.2, 0.25) is 0 Å². The maximum atomic E-state index is 15.1. The van der Waals surface area contributed by atoms with Gasteiger partial charge in [0, 0.05) is 48.9 Å². The van der Waals surface area contributed by atoms with Crippen molar-refractivity contribution in [1.29, 1.82) is 0 Å². The number of aryl methyl sites for hydroxylation is 1. The van der Waals surface area contributed by atoms with E-state index in [4.69, 9.17) is 4.74 Å². The fraction of sp³-hybridized carbons (Fsp3) is 0.231. The lowest BCUT2D eigenvalue weighted by atomic mass is 10.0. The van der Waals surface area contributed by atoms with Crippen LogP contribution in [0, 0.1) is 5.82 Å². The van der Waals surface area contributed by atoms with Crippen LogP contribution < -0.4 is 10.1 Å². The predicted molar refractivity (Wildman–Crippen MR) is 131 cm³/mol. The average molecular weight is 473 g/mol. The van der Waals surface area contributed by atoms with E-state index in [9.17, 15) is 4.79 Å². The fourth-order valence-corrected chi connectivity index (χ4v) is 3.97. The molecule has 1 N–H and O–H groups in total. The van der Waals surface area contributed by atoms with Gasteiger partial charge in [-0.1, -0.05) is 25.1 Å². The summed E-state index contributed by atoms with van der Waals surface area (Å²) in [5.74, 6) is 0.315. The third kappa shape index (κ3) is 4.84. The first kappa shape index (κ1) is 22.5. The Labute approximate surface area is 202 Å². The fourth-order valence-electron chi connectivity index (χ4n) is 3.97. The zero-order chi connectivity index (χ0) is 24.2. The van der Waals surface area contributed by atoms with Crippen LogP contribution in [0.4, 0.5) is 10.2 Å². The van der Waals surface area contributed by atoms with Crippen LogP contribution >= 0.6 is 0 Å². The molecule has 0 aliphatic carbocycles. The smallest absolute Gasteiger partial charge is 0.260 e. The van der Waals surface area contributed by atoms with Crippen LogP contribution in [-0.2, 0) is 13.1 Å². The second kappa shape index (κ2) is 9.92. The maximum Gasteiger partial charge on any atom is 0.260 e. The Hall–Kier alpha value is -4.27. The van der Waals surface area contributed by atoms with Crippen molar-refractivity contribution in [2.24, 2.45) is 0 Å². The SMILES string of the molecule is CCCn1cc(-c2cc3c(cc2F)OCC/C=C/Cn2ccnc2-c2cccc(n2)NC3=O)cn1. The van der Waals surface area contributed by atoms with Crippen molar-refractivity contribution < 1.29 is 13.9 Å². The highest BCUT2D eigenvalue weighted by molar-refractivity contribution is 6.06. The normalized spacial score (nSPS) is 14.6. The third-order valence-electron chi connectivity index (χ3n) is 5.66. The number of halogens is 1. The minimum absolute atomic E-state index is 0.178. The molecule has 3 aromatic heterocycles. The van der Waals surface area contributed by atoms with Crippen molar-refractivity contribution in [2.75, 3.05) is 11.9 Å². The van der Waals surface area contributed by atoms with E-state index in [2.05, 4.69) is 20.4 Å². The highest BCUT2D eigenvalue weighted by atomic mass is 19.1. The van der Waals surface area contributed by atoms with Gasteiger partial charge < -0.3 is 14.6 Å². The van der Waals surface area contributed by atoms with E-state index in [1.807, 2.05) is 35.9 Å². The quantitative estimate of drug-likeness (QED) is 0.427. The van der Waals surface area contributed by atoms with E-state index >= 15 is 4.39 Å². The molecule has 4 aromatic rings. The standard InChI is InChI=1S/C26H25FN6O2/c1-2-10-33-17-18(16-29-33)19-14-20-23(15-21(19)27)35-13-5-3-4-11-32-12-9-28-25(32)22-7-6-8-24(30-22)31-26(20)34/h3-4,6-9,12,14-17H,2,5,10-11,13H2,1H3,(H,30,31,34)/b4-3+. The van der Waals surface area contributed by atoms with E-state index in [0.29, 0.717) is 42.5 Å². The molecule has 35 heavy (non-hydrogen) atoms. The lowest BCUT2D eigenvalue weighted by Crippen LogP contribution is -2.15. The summed E-state index contributed by atoms with van der Waals surface area (Å²) >= 11 is 0. The van der Waals surface area contributed by atoms with Gasteiger partial charge in [0.1, 0.15) is 23.1 Å². The number of amides is 1. The summed E-state index contributed by atoms with van der Waals surface area (Å²) in [5, 5.41) is 7.12. The molecule has 4 heterocycles. The lowest BCUT2D eigenvalue weighted by Gasteiger charge is -2.14. The zero-order valence-electron chi connectivity index (χ0n) is 19.3. The molecule has 0 fully saturated rings. The molecule has 0 spiro atoms. The number of hydrogen-bond donors (Lipinski definition) is 1. The van der Waals surface area contributed by atoms with Gasteiger partial charge in [-0.05, 0) is 31.0 Å². The van der Waals surface area contributed by atoms with E-state index < -0.39 is 11.7 Å². The first-order valence-electron chi connectivity index (χ1n) is 11.6. The molecule has 0 saturated heterocycles. The molecule has 1 aromatic carbocycles. The van der Waals surface area contributed by atoms with Crippen molar-refractivity contribution in [3.63, 3.8) is 0 Å². The molecule has 178 valence electrons. The minimum atomic E-state index is -0.480. The second-order valence-corrected chi connectivity index (χ2v) is 8.19. The molecule has 8 nitrogen and oxygen atoms in total. The van der Waals surface area contributed by atoms with Crippen LogP contribution in [-0.4, -0.2) is 36.8 Å². The van der Waals surface area contributed by atoms with Crippen LogP contribution in [0.1, 0.15) is 30.1 Å². The number of pyridine rings is 1. The highest BCUT2D eigenvalue weighted by Crippen LogP contribution is 2.31. The van der Waals surface area contributed by atoms with Crippen LogP contribution in [0.3, 0.4) is 0 Å². The number of anilines is 1. The third-order valence-corrected chi connectivity index (χ3v) is 5.66. The van der Waals surface area contributed by atoms with Crippen LogP contribution in [0.5, 0.6) is 5.75 Å². The Bertz CT molecular complexity index is 1390. The Balaban J connectivity index is 1.55. The number of rotatable bonds is 3. The molecule has 5 rings (SSSR count). The maximum absolute atomic E-state index is 15.1. The summed E-state index contributed by atoms with van der Waals surface area (Å²) < 4.78 is 24.7. The van der Waals surface area contributed by atoms with E-state index in [-0.39, 0.29) is 16.9 Å². The monoisotopic (exact) mass is 472 g/mol. The minimum Gasteiger partial charge on any atom is -0.492 e. The molecule has 1 amide bonds. The summed E-state index contributed by atoms with van der Waals surface area (Å²) in [6.07, 6.45) is 12.5. The Morgan fingerprint density at radius 3 is 3.00 bits per heavy atom. The average Bonchev–Trinajstić information content (AvgIpc) is 3.51.